The van der Waals surface area contributed by atoms with Crippen LogP contribution in [0.2, 0.25) is 5.02 Å². The maximum Gasteiger partial charge on any atom is 0.255 e. The zero-order valence-corrected chi connectivity index (χ0v) is 20.3. The predicted octanol–water partition coefficient (Wildman–Crippen LogP) is 3.62. The number of methoxy groups -OCH3 is 1. The van der Waals surface area contributed by atoms with E-state index in [0.29, 0.717) is 30.1 Å². The molecule has 0 aliphatic rings. The minimum atomic E-state index is -3.84. The van der Waals surface area contributed by atoms with Gasteiger partial charge in [0.15, 0.2) is 0 Å². The Labute approximate surface area is 194 Å². The number of nitrogens with zero attached hydrogens (tertiary/aromatic N) is 2. The Bertz CT molecular complexity index is 1090. The van der Waals surface area contributed by atoms with Crippen molar-refractivity contribution >= 4 is 44.8 Å². The topological polar surface area (TPSA) is 96.0 Å². The number of hydrogen-bond acceptors (Lipinski definition) is 5. The molecule has 32 heavy (non-hydrogen) atoms. The molecule has 0 bridgehead atoms. The van der Waals surface area contributed by atoms with Gasteiger partial charge in [-0.25, -0.2) is 8.42 Å². The average molecular weight is 482 g/mol. The third-order valence-corrected chi connectivity index (χ3v) is 6.48. The molecule has 1 atom stereocenters. The Hall–Kier alpha value is -2.78. The van der Waals surface area contributed by atoms with E-state index in [0.717, 1.165) is 10.6 Å². The fourth-order valence-electron chi connectivity index (χ4n) is 3.30. The van der Waals surface area contributed by atoms with Crippen molar-refractivity contribution in [2.24, 2.45) is 0 Å². The number of amides is 2. The molecule has 10 heteroatoms. The summed E-state index contributed by atoms with van der Waals surface area (Å²) in [5.41, 5.74) is 0.853. The second-order valence-electron chi connectivity index (χ2n) is 7.07. The van der Waals surface area contributed by atoms with E-state index >= 15 is 0 Å². The summed E-state index contributed by atoms with van der Waals surface area (Å²) >= 11 is 6.16. The molecule has 2 rings (SSSR count). The Morgan fingerprint density at radius 3 is 2.28 bits per heavy atom. The van der Waals surface area contributed by atoms with Crippen LogP contribution < -0.4 is 14.4 Å². The van der Waals surface area contributed by atoms with Gasteiger partial charge in [0.1, 0.15) is 11.8 Å². The summed E-state index contributed by atoms with van der Waals surface area (Å²) in [6.07, 6.45) is 1.01. The van der Waals surface area contributed by atoms with Gasteiger partial charge in [0.25, 0.3) is 5.91 Å². The monoisotopic (exact) mass is 481 g/mol. The quantitative estimate of drug-likeness (QED) is 0.590. The van der Waals surface area contributed by atoms with Crippen molar-refractivity contribution < 1.29 is 22.7 Å². The van der Waals surface area contributed by atoms with Crippen molar-refractivity contribution in [2.45, 2.75) is 26.8 Å². The Morgan fingerprint density at radius 1 is 1.12 bits per heavy atom. The summed E-state index contributed by atoms with van der Waals surface area (Å²) in [4.78, 5) is 27.5. The molecule has 2 amide bonds. The van der Waals surface area contributed by atoms with Crippen LogP contribution in [0.5, 0.6) is 5.75 Å². The molecule has 174 valence electrons. The first-order chi connectivity index (χ1) is 15.0. The maximum absolute atomic E-state index is 13.1. The van der Waals surface area contributed by atoms with E-state index < -0.39 is 22.0 Å². The van der Waals surface area contributed by atoms with Crippen LogP contribution in [0, 0.1) is 0 Å². The fraction of sp³-hybridized carbons (Fsp3) is 0.364. The Kier molecular flexibility index (Phi) is 8.51. The van der Waals surface area contributed by atoms with Crippen LogP contribution in [0.15, 0.2) is 42.5 Å². The van der Waals surface area contributed by atoms with E-state index in [1.165, 1.54) is 32.2 Å². The van der Waals surface area contributed by atoms with E-state index in [-0.39, 0.29) is 16.6 Å². The van der Waals surface area contributed by atoms with E-state index in [1.807, 2.05) is 13.8 Å². The molecule has 0 fully saturated rings. The lowest BCUT2D eigenvalue weighted by molar-refractivity contribution is -0.116. The molecule has 0 spiro atoms. The molecule has 0 saturated carbocycles. The molecule has 0 aromatic heterocycles. The fourth-order valence-corrected chi connectivity index (χ4v) is 4.72. The number of sulfonamides is 1. The first kappa shape index (κ1) is 25.5. The zero-order chi connectivity index (χ0) is 24.1. The van der Waals surface area contributed by atoms with Gasteiger partial charge < -0.3 is 15.0 Å². The SMILES string of the molecule is CCN(CC)C(=O)c1ccccc1NC(=O)[C@H](C)N(c1ccc(OC)c(Cl)c1)S(C)(=O)=O. The second-order valence-corrected chi connectivity index (χ2v) is 9.33. The van der Waals surface area contributed by atoms with E-state index in [4.69, 9.17) is 16.3 Å². The largest absolute Gasteiger partial charge is 0.495 e. The summed E-state index contributed by atoms with van der Waals surface area (Å²) in [7, 11) is -2.39. The van der Waals surface area contributed by atoms with Crippen molar-refractivity contribution in [3.05, 3.63) is 53.1 Å². The number of benzene rings is 2. The van der Waals surface area contributed by atoms with Gasteiger partial charge in [-0.1, -0.05) is 23.7 Å². The molecule has 0 unspecified atom stereocenters. The highest BCUT2D eigenvalue weighted by molar-refractivity contribution is 7.92. The first-order valence-corrected chi connectivity index (χ1v) is 12.3. The predicted molar refractivity (Wildman–Crippen MR) is 127 cm³/mol. The van der Waals surface area contributed by atoms with Gasteiger partial charge in [-0.3, -0.25) is 13.9 Å². The van der Waals surface area contributed by atoms with Crippen LogP contribution in [0.4, 0.5) is 11.4 Å². The van der Waals surface area contributed by atoms with E-state index in [9.17, 15) is 18.0 Å². The summed E-state index contributed by atoms with van der Waals surface area (Å²) in [5, 5.41) is 2.91. The number of halogens is 1. The van der Waals surface area contributed by atoms with Crippen LogP contribution in [0.25, 0.3) is 0 Å². The lowest BCUT2D eigenvalue weighted by Crippen LogP contribution is -2.45. The Balaban J connectivity index is 2.38. The molecular weight excluding hydrogens is 454 g/mol. The highest BCUT2D eigenvalue weighted by atomic mass is 35.5. The summed E-state index contributed by atoms with van der Waals surface area (Å²) in [6.45, 7) is 6.24. The van der Waals surface area contributed by atoms with E-state index in [1.54, 1.807) is 29.2 Å². The standard InChI is InChI=1S/C22H28ClN3O5S/c1-6-25(7-2)22(28)17-10-8-9-11-19(17)24-21(27)15(3)26(32(5,29)30)16-12-13-20(31-4)18(23)14-16/h8-15H,6-7H2,1-5H3,(H,24,27)/t15-/m0/s1. The van der Waals surface area contributed by atoms with Crippen LogP contribution in [-0.4, -0.2) is 57.6 Å². The molecule has 0 aliphatic heterocycles. The van der Waals surface area contributed by atoms with Crippen molar-refractivity contribution in [1.29, 1.82) is 0 Å². The second kappa shape index (κ2) is 10.7. The van der Waals surface area contributed by atoms with Gasteiger partial charge >= 0.3 is 0 Å². The molecule has 1 N–H and O–H groups in total. The average Bonchev–Trinajstić information content (AvgIpc) is 2.74. The molecule has 0 aliphatic carbocycles. The molecule has 2 aromatic rings. The van der Waals surface area contributed by atoms with Gasteiger partial charge in [-0.05, 0) is 51.1 Å². The van der Waals surface area contributed by atoms with Crippen LogP contribution in [0.3, 0.4) is 0 Å². The minimum Gasteiger partial charge on any atom is -0.495 e. The number of rotatable bonds is 9. The summed E-state index contributed by atoms with van der Waals surface area (Å²) in [5.74, 6) is -0.438. The lowest BCUT2D eigenvalue weighted by Gasteiger charge is -2.29. The van der Waals surface area contributed by atoms with Crippen LogP contribution >= 0.6 is 11.6 Å². The van der Waals surface area contributed by atoms with Gasteiger partial charge in [-0.15, -0.1) is 0 Å². The maximum atomic E-state index is 13.1. The summed E-state index contributed by atoms with van der Waals surface area (Å²) in [6, 6.07) is 9.96. The number of nitrogens with one attached hydrogen (secondary N) is 1. The van der Waals surface area contributed by atoms with E-state index in [2.05, 4.69) is 5.32 Å². The van der Waals surface area contributed by atoms with Gasteiger partial charge in [0, 0.05) is 13.1 Å². The zero-order valence-electron chi connectivity index (χ0n) is 18.8. The van der Waals surface area contributed by atoms with Gasteiger partial charge in [0.05, 0.1) is 35.3 Å². The molecule has 0 radical (unpaired) electrons. The molecule has 0 saturated heterocycles. The van der Waals surface area contributed by atoms with Crippen molar-refractivity contribution in [3.63, 3.8) is 0 Å². The number of carbonyl (C=O) groups is 2. The highest BCUT2D eigenvalue weighted by Crippen LogP contribution is 2.31. The van der Waals surface area contributed by atoms with Crippen LogP contribution in [-0.2, 0) is 14.8 Å². The number of anilines is 2. The van der Waals surface area contributed by atoms with Crippen molar-refractivity contribution in [1.82, 2.24) is 4.90 Å². The molecule has 8 nitrogen and oxygen atoms in total. The number of carbonyl (C=O) groups excluding carboxylic acids is 2. The lowest BCUT2D eigenvalue weighted by atomic mass is 10.1. The third-order valence-electron chi connectivity index (χ3n) is 4.94. The smallest absolute Gasteiger partial charge is 0.255 e. The first-order valence-electron chi connectivity index (χ1n) is 10.1. The number of para-hydroxylation sites is 1. The van der Waals surface area contributed by atoms with Crippen molar-refractivity contribution in [3.8, 4) is 5.75 Å². The van der Waals surface area contributed by atoms with Gasteiger partial charge in [0.2, 0.25) is 15.9 Å². The minimum absolute atomic E-state index is 0.210. The highest BCUT2D eigenvalue weighted by Gasteiger charge is 2.30. The van der Waals surface area contributed by atoms with Gasteiger partial charge in [-0.2, -0.15) is 0 Å². The van der Waals surface area contributed by atoms with Crippen LogP contribution in [0.1, 0.15) is 31.1 Å². The number of ether oxygens (including phenoxy) is 1. The summed E-state index contributed by atoms with van der Waals surface area (Å²) < 4.78 is 31.2. The molecule has 2 aromatic carbocycles. The van der Waals surface area contributed by atoms with Crippen molar-refractivity contribution in [2.75, 3.05) is 36.1 Å². The molecular formula is C22H28ClN3O5S. The molecule has 0 heterocycles. The normalized spacial score (nSPS) is 12.1. The number of hydrogen-bond donors (Lipinski definition) is 1. The Morgan fingerprint density at radius 2 is 1.75 bits per heavy atom. The third kappa shape index (κ3) is 5.72.